The van der Waals surface area contributed by atoms with Crippen LogP contribution in [0.4, 0.5) is 0 Å². The molecule has 1 heterocycles. The lowest BCUT2D eigenvalue weighted by atomic mass is 9.90. The Kier molecular flexibility index (Phi) is 5.88. The van der Waals surface area contributed by atoms with Crippen LogP contribution in [0.15, 0.2) is 0 Å². The number of unbranched alkanes of at least 4 members (excludes halogenated alkanes) is 1. The Hall–Kier alpha value is -0.650. The number of rotatable bonds is 6. The predicted molar refractivity (Wildman–Crippen MR) is 65.5 cm³/mol. The first-order valence-electron chi connectivity index (χ1n) is 6.40. The van der Waals surface area contributed by atoms with Crippen LogP contribution in [0.3, 0.4) is 0 Å². The molecule has 0 spiro atoms. The van der Waals surface area contributed by atoms with E-state index in [4.69, 9.17) is 10.5 Å². The zero-order valence-corrected chi connectivity index (χ0v) is 10.6. The second-order valence-electron chi connectivity index (χ2n) is 4.79. The predicted octanol–water partition coefficient (Wildman–Crippen LogP) is 0.162. The van der Waals surface area contributed by atoms with Gasteiger partial charge >= 0.3 is 0 Å². The maximum Gasteiger partial charge on any atom is 0.237 e. The number of hydrogen-bond donors (Lipinski definition) is 3. The molecule has 0 aromatic carbocycles. The highest BCUT2D eigenvalue weighted by Gasteiger charge is 2.34. The van der Waals surface area contributed by atoms with Crippen LogP contribution < -0.4 is 11.1 Å². The molecule has 1 fully saturated rings. The van der Waals surface area contributed by atoms with Crippen LogP contribution in [0.1, 0.15) is 39.0 Å². The largest absolute Gasteiger partial charge is 0.394 e. The summed E-state index contributed by atoms with van der Waals surface area (Å²) in [5.41, 5.74) is 5.28. The molecule has 1 aliphatic rings. The summed E-state index contributed by atoms with van der Waals surface area (Å²) < 4.78 is 5.24. The van der Waals surface area contributed by atoms with E-state index < -0.39 is 11.6 Å². The van der Waals surface area contributed by atoms with Gasteiger partial charge in [0, 0.05) is 13.2 Å². The number of nitrogens with two attached hydrogens (primary N) is 1. The summed E-state index contributed by atoms with van der Waals surface area (Å²) in [7, 11) is 0. The molecule has 0 aromatic heterocycles. The first-order chi connectivity index (χ1) is 8.13. The van der Waals surface area contributed by atoms with E-state index in [-0.39, 0.29) is 12.5 Å². The number of nitrogens with one attached hydrogen (secondary N) is 1. The standard InChI is InChI=1S/C12H24N2O3/c1-2-3-4-10(13)11(16)14-12(9-15)5-7-17-8-6-12/h10,15H,2-9,13H2,1H3,(H,14,16)/t10-/m0/s1. The molecule has 1 atom stereocenters. The Labute approximate surface area is 103 Å². The van der Waals surface area contributed by atoms with Crippen LogP contribution in [0.5, 0.6) is 0 Å². The monoisotopic (exact) mass is 244 g/mol. The second kappa shape index (κ2) is 6.93. The van der Waals surface area contributed by atoms with Gasteiger partial charge in [0.05, 0.1) is 18.2 Å². The zero-order chi connectivity index (χ0) is 12.7. The van der Waals surface area contributed by atoms with Gasteiger partial charge in [-0.25, -0.2) is 0 Å². The van der Waals surface area contributed by atoms with Gasteiger partial charge in [-0.3, -0.25) is 4.79 Å². The molecule has 5 nitrogen and oxygen atoms in total. The van der Waals surface area contributed by atoms with Crippen LogP contribution in [0.25, 0.3) is 0 Å². The fourth-order valence-electron chi connectivity index (χ4n) is 1.99. The molecule has 1 aliphatic heterocycles. The molecule has 0 aromatic rings. The maximum absolute atomic E-state index is 11.9. The third-order valence-corrected chi connectivity index (χ3v) is 3.35. The van der Waals surface area contributed by atoms with Gasteiger partial charge in [-0.2, -0.15) is 0 Å². The van der Waals surface area contributed by atoms with Crippen LogP contribution >= 0.6 is 0 Å². The molecule has 17 heavy (non-hydrogen) atoms. The molecule has 100 valence electrons. The van der Waals surface area contributed by atoms with Crippen LogP contribution in [0.2, 0.25) is 0 Å². The topological polar surface area (TPSA) is 84.6 Å². The van der Waals surface area contributed by atoms with Gasteiger partial charge < -0.3 is 20.9 Å². The molecule has 0 unspecified atom stereocenters. The summed E-state index contributed by atoms with van der Waals surface area (Å²) in [6.07, 6.45) is 3.97. The number of carbonyl (C=O) groups excluding carboxylic acids is 1. The number of aliphatic hydroxyl groups is 1. The molecule has 4 N–H and O–H groups in total. The van der Waals surface area contributed by atoms with Gasteiger partial charge in [0.2, 0.25) is 5.91 Å². The summed E-state index contributed by atoms with van der Waals surface area (Å²) in [5, 5.41) is 12.3. The molecule has 0 aliphatic carbocycles. The van der Waals surface area contributed by atoms with Gasteiger partial charge in [0.15, 0.2) is 0 Å². The minimum atomic E-state index is -0.529. The Morgan fingerprint density at radius 2 is 2.18 bits per heavy atom. The Balaban J connectivity index is 2.46. The molecular formula is C12H24N2O3. The quantitative estimate of drug-likeness (QED) is 0.621. The Morgan fingerprint density at radius 1 is 1.53 bits per heavy atom. The molecule has 1 amide bonds. The third kappa shape index (κ3) is 4.26. The van der Waals surface area contributed by atoms with Crippen molar-refractivity contribution < 1.29 is 14.6 Å². The number of ether oxygens (including phenoxy) is 1. The maximum atomic E-state index is 11.9. The van der Waals surface area contributed by atoms with Crippen molar-refractivity contribution in [2.45, 2.75) is 50.6 Å². The molecular weight excluding hydrogens is 220 g/mol. The number of amides is 1. The van der Waals surface area contributed by atoms with Crippen molar-refractivity contribution in [3.8, 4) is 0 Å². The minimum Gasteiger partial charge on any atom is -0.394 e. The van der Waals surface area contributed by atoms with Crippen LogP contribution in [0, 0.1) is 0 Å². The molecule has 0 bridgehead atoms. The first kappa shape index (κ1) is 14.4. The van der Waals surface area contributed by atoms with Gasteiger partial charge in [-0.05, 0) is 19.3 Å². The second-order valence-corrected chi connectivity index (χ2v) is 4.79. The van der Waals surface area contributed by atoms with E-state index in [1.54, 1.807) is 0 Å². The number of hydrogen-bond acceptors (Lipinski definition) is 4. The first-order valence-corrected chi connectivity index (χ1v) is 6.40. The summed E-state index contributed by atoms with van der Waals surface area (Å²) in [6, 6.07) is -0.471. The van der Waals surface area contributed by atoms with E-state index in [0.29, 0.717) is 32.5 Å². The van der Waals surface area contributed by atoms with E-state index >= 15 is 0 Å². The lowest BCUT2D eigenvalue weighted by Crippen LogP contribution is -2.58. The lowest BCUT2D eigenvalue weighted by molar-refractivity contribution is -0.126. The van der Waals surface area contributed by atoms with E-state index in [1.807, 2.05) is 0 Å². The van der Waals surface area contributed by atoms with Gasteiger partial charge in [-0.15, -0.1) is 0 Å². The van der Waals surface area contributed by atoms with Crippen molar-refractivity contribution in [1.29, 1.82) is 0 Å². The summed E-state index contributed by atoms with van der Waals surface area (Å²) in [5.74, 6) is -0.158. The van der Waals surface area contributed by atoms with Gasteiger partial charge in [-0.1, -0.05) is 19.8 Å². The van der Waals surface area contributed by atoms with E-state index in [0.717, 1.165) is 12.8 Å². The Bertz CT molecular complexity index is 240. The third-order valence-electron chi connectivity index (χ3n) is 3.35. The van der Waals surface area contributed by atoms with Crippen LogP contribution in [-0.2, 0) is 9.53 Å². The molecule has 5 heteroatoms. The fourth-order valence-corrected chi connectivity index (χ4v) is 1.99. The lowest BCUT2D eigenvalue weighted by Gasteiger charge is -2.37. The minimum absolute atomic E-state index is 0.0530. The highest BCUT2D eigenvalue weighted by Crippen LogP contribution is 2.20. The summed E-state index contributed by atoms with van der Waals surface area (Å²) in [6.45, 7) is 3.16. The van der Waals surface area contributed by atoms with Crippen molar-refractivity contribution in [3.63, 3.8) is 0 Å². The average molecular weight is 244 g/mol. The molecule has 0 saturated carbocycles. The SMILES string of the molecule is CCCC[C@H](N)C(=O)NC1(CO)CCOCC1. The Morgan fingerprint density at radius 3 is 2.71 bits per heavy atom. The van der Waals surface area contributed by atoms with Crippen molar-refractivity contribution in [2.75, 3.05) is 19.8 Å². The van der Waals surface area contributed by atoms with E-state index in [1.165, 1.54) is 0 Å². The number of aliphatic hydroxyl groups excluding tert-OH is 1. The normalized spacial score (nSPS) is 20.9. The highest BCUT2D eigenvalue weighted by molar-refractivity contribution is 5.82. The van der Waals surface area contributed by atoms with Gasteiger partial charge in [0.1, 0.15) is 0 Å². The average Bonchev–Trinajstić information content (AvgIpc) is 2.36. The summed E-state index contributed by atoms with van der Waals surface area (Å²) >= 11 is 0. The van der Waals surface area contributed by atoms with Crippen molar-refractivity contribution in [2.24, 2.45) is 5.73 Å². The number of carbonyl (C=O) groups is 1. The zero-order valence-electron chi connectivity index (χ0n) is 10.6. The van der Waals surface area contributed by atoms with E-state index in [9.17, 15) is 9.90 Å². The molecule has 1 rings (SSSR count). The van der Waals surface area contributed by atoms with Crippen molar-refractivity contribution in [1.82, 2.24) is 5.32 Å². The smallest absolute Gasteiger partial charge is 0.237 e. The van der Waals surface area contributed by atoms with Crippen LogP contribution in [-0.4, -0.2) is 42.4 Å². The molecule has 1 saturated heterocycles. The van der Waals surface area contributed by atoms with Crippen molar-refractivity contribution >= 4 is 5.91 Å². The summed E-state index contributed by atoms with van der Waals surface area (Å²) in [4.78, 5) is 11.9. The molecule has 0 radical (unpaired) electrons. The van der Waals surface area contributed by atoms with Gasteiger partial charge in [0.25, 0.3) is 0 Å². The highest BCUT2D eigenvalue weighted by atomic mass is 16.5. The van der Waals surface area contributed by atoms with Crippen molar-refractivity contribution in [3.05, 3.63) is 0 Å². The fraction of sp³-hybridized carbons (Fsp3) is 0.917. The van der Waals surface area contributed by atoms with E-state index in [2.05, 4.69) is 12.2 Å².